The van der Waals surface area contributed by atoms with Crippen LogP contribution in [0, 0.1) is 10.8 Å². The topological polar surface area (TPSA) is 67.2 Å². The van der Waals surface area contributed by atoms with E-state index in [9.17, 15) is 4.79 Å². The average Bonchev–Trinajstić information content (AvgIpc) is 2.72. The van der Waals surface area contributed by atoms with Crippen molar-refractivity contribution in [1.82, 2.24) is 5.32 Å². The van der Waals surface area contributed by atoms with Crippen LogP contribution in [0.1, 0.15) is 46.2 Å². The molecular formula is C16H25N3O. The Morgan fingerprint density at radius 2 is 1.65 bits per heavy atom. The van der Waals surface area contributed by atoms with E-state index in [2.05, 4.69) is 45.3 Å². The highest BCUT2D eigenvalue weighted by atomic mass is 16.2. The van der Waals surface area contributed by atoms with Crippen molar-refractivity contribution in [3.8, 4) is 0 Å². The first-order valence-electron chi connectivity index (χ1n) is 7.08. The lowest BCUT2D eigenvalue weighted by atomic mass is 10.0. The number of nitrogens with two attached hydrogens (primary N) is 1. The molecule has 0 spiro atoms. The maximum absolute atomic E-state index is 10.8. The van der Waals surface area contributed by atoms with E-state index in [0.717, 1.165) is 5.69 Å². The number of carbonyl (C=O) groups excluding carboxylic acids is 1. The highest BCUT2D eigenvalue weighted by Gasteiger charge is 2.64. The predicted octanol–water partition coefficient (Wildman–Crippen LogP) is 3.26. The molecule has 2 amide bonds. The van der Waals surface area contributed by atoms with Gasteiger partial charge in [-0.15, -0.1) is 0 Å². The van der Waals surface area contributed by atoms with Gasteiger partial charge in [0.15, 0.2) is 0 Å². The highest BCUT2D eigenvalue weighted by molar-refractivity contribution is 5.87. The molecule has 4 heteroatoms. The summed E-state index contributed by atoms with van der Waals surface area (Å²) in [6.45, 7) is 11.4. The molecule has 1 unspecified atom stereocenters. The SMILES string of the molecule is CC(NC1C(C)(C)C1(C)C)c1ccc(NC(N)=O)cc1. The van der Waals surface area contributed by atoms with Gasteiger partial charge in [0.05, 0.1) is 0 Å². The number of primary amides is 1. The molecule has 1 saturated carbocycles. The van der Waals surface area contributed by atoms with Crippen molar-refractivity contribution < 1.29 is 4.79 Å². The Labute approximate surface area is 121 Å². The quantitative estimate of drug-likeness (QED) is 0.789. The van der Waals surface area contributed by atoms with Crippen molar-refractivity contribution in [3.05, 3.63) is 29.8 Å². The van der Waals surface area contributed by atoms with Crippen LogP contribution in [-0.2, 0) is 0 Å². The molecule has 1 atom stereocenters. The second-order valence-electron chi connectivity index (χ2n) is 6.88. The largest absolute Gasteiger partial charge is 0.351 e. The fourth-order valence-corrected chi connectivity index (χ4v) is 2.96. The third-order valence-corrected chi connectivity index (χ3v) is 5.12. The van der Waals surface area contributed by atoms with Gasteiger partial charge in [-0.1, -0.05) is 39.8 Å². The number of hydrogen-bond acceptors (Lipinski definition) is 2. The van der Waals surface area contributed by atoms with Crippen LogP contribution in [0.15, 0.2) is 24.3 Å². The Hall–Kier alpha value is -1.55. The van der Waals surface area contributed by atoms with E-state index in [4.69, 9.17) is 5.73 Å². The van der Waals surface area contributed by atoms with Crippen LogP contribution in [0.4, 0.5) is 10.5 Å². The number of rotatable bonds is 4. The number of benzene rings is 1. The minimum atomic E-state index is -0.537. The lowest BCUT2D eigenvalue weighted by Crippen LogP contribution is -2.25. The maximum atomic E-state index is 10.8. The molecule has 0 saturated heterocycles. The van der Waals surface area contributed by atoms with E-state index >= 15 is 0 Å². The molecule has 1 aliphatic carbocycles. The van der Waals surface area contributed by atoms with Gasteiger partial charge in [-0.05, 0) is 35.4 Å². The van der Waals surface area contributed by atoms with E-state index in [1.807, 2.05) is 24.3 Å². The van der Waals surface area contributed by atoms with Crippen LogP contribution in [0.3, 0.4) is 0 Å². The van der Waals surface area contributed by atoms with Crippen molar-refractivity contribution in [1.29, 1.82) is 0 Å². The van der Waals surface area contributed by atoms with Crippen molar-refractivity contribution in [3.63, 3.8) is 0 Å². The number of urea groups is 1. The second-order valence-corrected chi connectivity index (χ2v) is 6.88. The lowest BCUT2D eigenvalue weighted by Gasteiger charge is -2.16. The molecule has 0 bridgehead atoms. The number of hydrogen-bond donors (Lipinski definition) is 3. The Morgan fingerprint density at radius 3 is 2.05 bits per heavy atom. The highest BCUT2D eigenvalue weighted by Crippen LogP contribution is 2.63. The predicted molar refractivity (Wildman–Crippen MR) is 82.5 cm³/mol. The molecule has 110 valence electrons. The van der Waals surface area contributed by atoms with Crippen molar-refractivity contribution in [2.45, 2.75) is 46.7 Å². The lowest BCUT2D eigenvalue weighted by molar-refractivity contribution is 0.259. The van der Waals surface area contributed by atoms with Gasteiger partial charge in [0.2, 0.25) is 0 Å². The molecule has 1 fully saturated rings. The summed E-state index contributed by atoms with van der Waals surface area (Å²) in [7, 11) is 0. The summed E-state index contributed by atoms with van der Waals surface area (Å²) in [4.78, 5) is 10.8. The van der Waals surface area contributed by atoms with Crippen LogP contribution in [0.25, 0.3) is 0 Å². The molecule has 0 radical (unpaired) electrons. The standard InChI is InChI=1S/C16H25N3O/c1-10(18-13-15(2,3)16(13,4)5)11-6-8-12(9-7-11)19-14(17)20/h6-10,13,18H,1-5H3,(H3,17,19,20). The zero-order chi connectivity index (χ0) is 15.1. The fraction of sp³-hybridized carbons (Fsp3) is 0.562. The Morgan fingerprint density at radius 1 is 1.15 bits per heavy atom. The summed E-state index contributed by atoms with van der Waals surface area (Å²) < 4.78 is 0. The van der Waals surface area contributed by atoms with Crippen LogP contribution in [0.2, 0.25) is 0 Å². The molecule has 20 heavy (non-hydrogen) atoms. The first kappa shape index (κ1) is 14.9. The first-order valence-corrected chi connectivity index (χ1v) is 7.08. The fourth-order valence-electron chi connectivity index (χ4n) is 2.96. The van der Waals surface area contributed by atoms with Gasteiger partial charge < -0.3 is 16.4 Å². The van der Waals surface area contributed by atoms with Gasteiger partial charge in [0.25, 0.3) is 0 Å². The average molecular weight is 275 g/mol. The zero-order valence-electron chi connectivity index (χ0n) is 12.9. The van der Waals surface area contributed by atoms with Gasteiger partial charge in [0.1, 0.15) is 0 Å². The molecule has 1 aromatic carbocycles. The third-order valence-electron chi connectivity index (χ3n) is 5.12. The van der Waals surface area contributed by atoms with Gasteiger partial charge in [0, 0.05) is 17.8 Å². The van der Waals surface area contributed by atoms with Crippen molar-refractivity contribution in [2.75, 3.05) is 5.32 Å². The van der Waals surface area contributed by atoms with Crippen LogP contribution >= 0.6 is 0 Å². The maximum Gasteiger partial charge on any atom is 0.316 e. The van der Waals surface area contributed by atoms with E-state index < -0.39 is 6.03 Å². The van der Waals surface area contributed by atoms with Crippen molar-refractivity contribution >= 4 is 11.7 Å². The molecule has 0 aliphatic heterocycles. The molecule has 4 N–H and O–H groups in total. The summed E-state index contributed by atoms with van der Waals surface area (Å²) in [5, 5.41) is 6.27. The molecule has 4 nitrogen and oxygen atoms in total. The van der Waals surface area contributed by atoms with Crippen LogP contribution in [-0.4, -0.2) is 12.1 Å². The van der Waals surface area contributed by atoms with Gasteiger partial charge >= 0.3 is 6.03 Å². The van der Waals surface area contributed by atoms with Crippen LogP contribution < -0.4 is 16.4 Å². The van der Waals surface area contributed by atoms with Gasteiger partial charge in [-0.2, -0.15) is 0 Å². The molecule has 0 aromatic heterocycles. The normalized spacial score (nSPS) is 21.2. The Bertz CT molecular complexity index is 491. The summed E-state index contributed by atoms with van der Waals surface area (Å²) in [6, 6.07) is 8.06. The smallest absolute Gasteiger partial charge is 0.316 e. The molecule has 2 rings (SSSR count). The van der Waals surface area contributed by atoms with Crippen molar-refractivity contribution in [2.24, 2.45) is 16.6 Å². The number of carbonyl (C=O) groups is 1. The number of anilines is 1. The molecule has 1 aromatic rings. The van der Waals surface area contributed by atoms with E-state index in [1.165, 1.54) is 5.56 Å². The molecule has 1 aliphatic rings. The first-order chi connectivity index (χ1) is 9.16. The minimum absolute atomic E-state index is 0.281. The minimum Gasteiger partial charge on any atom is -0.351 e. The summed E-state index contributed by atoms with van der Waals surface area (Å²) in [6.07, 6.45) is 0. The van der Waals surface area contributed by atoms with Crippen LogP contribution in [0.5, 0.6) is 0 Å². The summed E-state index contributed by atoms with van der Waals surface area (Å²) in [5.74, 6) is 0. The van der Waals surface area contributed by atoms with E-state index in [1.54, 1.807) is 0 Å². The zero-order valence-corrected chi connectivity index (χ0v) is 12.9. The Balaban J connectivity index is 2.00. The Kier molecular flexibility index (Phi) is 3.54. The summed E-state index contributed by atoms with van der Waals surface area (Å²) >= 11 is 0. The monoisotopic (exact) mass is 275 g/mol. The number of nitrogens with one attached hydrogen (secondary N) is 2. The third kappa shape index (κ3) is 2.52. The van der Waals surface area contributed by atoms with Gasteiger partial charge in [-0.25, -0.2) is 4.79 Å². The van der Waals surface area contributed by atoms with E-state index in [-0.39, 0.29) is 6.04 Å². The van der Waals surface area contributed by atoms with E-state index in [0.29, 0.717) is 16.9 Å². The van der Waals surface area contributed by atoms with Gasteiger partial charge in [-0.3, -0.25) is 0 Å². The summed E-state index contributed by atoms with van der Waals surface area (Å²) in [5.41, 5.74) is 7.68. The molecular weight excluding hydrogens is 250 g/mol. The number of amides is 2. The second kappa shape index (κ2) is 4.77. The molecule has 0 heterocycles.